The lowest BCUT2D eigenvalue weighted by Gasteiger charge is -2.25. The third-order valence-corrected chi connectivity index (χ3v) is 7.25. The molecule has 0 atom stereocenters. The summed E-state index contributed by atoms with van der Waals surface area (Å²) in [6.45, 7) is 2.04. The van der Waals surface area contributed by atoms with Gasteiger partial charge in [-0.3, -0.25) is 0 Å². The van der Waals surface area contributed by atoms with E-state index in [1.165, 1.54) is 17.8 Å². The molecule has 1 aliphatic rings. The maximum Gasteiger partial charge on any atom is 0.227 e. The first-order valence-electron chi connectivity index (χ1n) is 12.8. The smallest absolute Gasteiger partial charge is 0.227 e. The van der Waals surface area contributed by atoms with Crippen LogP contribution in [0.3, 0.4) is 0 Å². The number of rotatable bonds is 6. The van der Waals surface area contributed by atoms with Crippen molar-refractivity contribution in [3.63, 3.8) is 0 Å². The second kappa shape index (κ2) is 10.2. The standard InChI is InChI=1S/C30H29FN6O/c1-37-18-25(23-5-3-4-6-26(23)37)29-24(20-7-10-28(31)33-16-20)17-34-30(36-29)35-21-8-9-22(27(15-21)38-2)19-11-13-32-14-12-19/h3-10,15-19,32H,11-14H2,1-2H3,(H,34,35,36). The number of hydrogen-bond donors (Lipinski definition) is 2. The van der Waals surface area contributed by atoms with Crippen molar-refractivity contribution in [1.82, 2.24) is 24.8 Å². The number of aryl methyl sites for hydroxylation is 1. The SMILES string of the molecule is COc1cc(Nc2ncc(-c3ccc(F)nc3)c(-c3cn(C)c4ccccc34)n2)ccc1C1CCNCC1. The Morgan fingerprint density at radius 3 is 2.63 bits per heavy atom. The molecule has 1 fully saturated rings. The number of ether oxygens (including phenoxy) is 1. The number of nitrogens with zero attached hydrogens (tertiary/aromatic N) is 4. The van der Waals surface area contributed by atoms with Gasteiger partial charge in [-0.1, -0.05) is 24.3 Å². The summed E-state index contributed by atoms with van der Waals surface area (Å²) in [6, 6.07) is 17.4. The summed E-state index contributed by atoms with van der Waals surface area (Å²) in [5.74, 6) is 1.29. The Balaban J connectivity index is 1.41. The van der Waals surface area contributed by atoms with Gasteiger partial charge in [-0.25, -0.2) is 15.0 Å². The predicted molar refractivity (Wildman–Crippen MR) is 148 cm³/mol. The number of aromatic nitrogens is 4. The maximum atomic E-state index is 13.6. The molecule has 38 heavy (non-hydrogen) atoms. The van der Waals surface area contributed by atoms with Crippen LogP contribution in [-0.4, -0.2) is 39.7 Å². The van der Waals surface area contributed by atoms with E-state index >= 15 is 0 Å². The van der Waals surface area contributed by atoms with Gasteiger partial charge in [0.05, 0.1) is 12.8 Å². The van der Waals surface area contributed by atoms with E-state index in [1.807, 2.05) is 25.2 Å². The number of fused-ring (bicyclic) bond motifs is 1. The summed E-state index contributed by atoms with van der Waals surface area (Å²) in [5.41, 5.74) is 6.40. The minimum atomic E-state index is -0.526. The molecule has 4 heterocycles. The molecule has 5 aromatic rings. The Hall–Kier alpha value is -4.30. The molecule has 0 radical (unpaired) electrons. The van der Waals surface area contributed by atoms with E-state index in [2.05, 4.69) is 55.6 Å². The molecule has 0 aliphatic carbocycles. The van der Waals surface area contributed by atoms with Crippen LogP contribution >= 0.6 is 0 Å². The van der Waals surface area contributed by atoms with Crippen LogP contribution in [0.15, 0.2) is 73.2 Å². The Labute approximate surface area is 220 Å². The van der Waals surface area contributed by atoms with E-state index in [4.69, 9.17) is 9.72 Å². The van der Waals surface area contributed by atoms with Crippen LogP contribution in [0.2, 0.25) is 0 Å². The Morgan fingerprint density at radius 2 is 1.84 bits per heavy atom. The topological polar surface area (TPSA) is 76.9 Å². The summed E-state index contributed by atoms with van der Waals surface area (Å²) in [4.78, 5) is 13.4. The molecule has 7 nitrogen and oxygen atoms in total. The molecule has 1 saturated heterocycles. The van der Waals surface area contributed by atoms with Gasteiger partial charge < -0.3 is 19.9 Å². The minimum absolute atomic E-state index is 0.462. The molecule has 2 aromatic carbocycles. The molecule has 0 bridgehead atoms. The number of benzene rings is 2. The molecular weight excluding hydrogens is 479 g/mol. The summed E-state index contributed by atoms with van der Waals surface area (Å²) in [7, 11) is 3.73. The fourth-order valence-electron chi connectivity index (χ4n) is 5.31. The van der Waals surface area contributed by atoms with Crippen LogP contribution < -0.4 is 15.4 Å². The van der Waals surface area contributed by atoms with Crippen LogP contribution in [0.1, 0.15) is 24.3 Å². The summed E-state index contributed by atoms with van der Waals surface area (Å²) >= 11 is 0. The van der Waals surface area contributed by atoms with Crippen molar-refractivity contribution in [2.45, 2.75) is 18.8 Å². The van der Waals surface area contributed by atoms with E-state index in [1.54, 1.807) is 19.4 Å². The Kier molecular flexibility index (Phi) is 6.47. The summed E-state index contributed by atoms with van der Waals surface area (Å²) in [6.07, 6.45) is 7.54. The predicted octanol–water partition coefficient (Wildman–Crippen LogP) is 6.06. The van der Waals surface area contributed by atoms with E-state index < -0.39 is 5.95 Å². The van der Waals surface area contributed by atoms with Gasteiger partial charge >= 0.3 is 0 Å². The highest BCUT2D eigenvalue weighted by molar-refractivity contribution is 5.98. The molecule has 0 amide bonds. The molecule has 2 N–H and O–H groups in total. The van der Waals surface area contributed by atoms with Gasteiger partial charge in [0.2, 0.25) is 11.9 Å². The molecular formula is C30H29FN6O. The number of methoxy groups -OCH3 is 1. The zero-order chi connectivity index (χ0) is 26.1. The second-order valence-electron chi connectivity index (χ2n) is 9.60. The largest absolute Gasteiger partial charge is 0.496 e. The molecule has 3 aromatic heterocycles. The van der Waals surface area contributed by atoms with E-state index in [0.717, 1.165) is 70.7 Å². The average molecular weight is 509 g/mol. The van der Waals surface area contributed by atoms with Crippen LogP contribution in [0.4, 0.5) is 16.0 Å². The number of para-hydroxylation sites is 1. The van der Waals surface area contributed by atoms with Crippen molar-refractivity contribution in [3.8, 4) is 28.1 Å². The third kappa shape index (κ3) is 4.59. The number of hydrogen-bond acceptors (Lipinski definition) is 6. The lowest BCUT2D eigenvalue weighted by Crippen LogP contribution is -2.26. The third-order valence-electron chi connectivity index (χ3n) is 7.25. The van der Waals surface area contributed by atoms with Crippen molar-refractivity contribution in [2.75, 3.05) is 25.5 Å². The average Bonchev–Trinajstić information content (AvgIpc) is 3.30. The quantitative estimate of drug-likeness (QED) is 0.272. The Morgan fingerprint density at radius 1 is 1.00 bits per heavy atom. The number of pyridine rings is 1. The lowest BCUT2D eigenvalue weighted by atomic mass is 9.89. The number of halogens is 1. The van der Waals surface area contributed by atoms with Crippen LogP contribution in [-0.2, 0) is 7.05 Å². The summed E-state index contributed by atoms with van der Waals surface area (Å²) < 4.78 is 21.4. The summed E-state index contributed by atoms with van der Waals surface area (Å²) in [5, 5.41) is 7.86. The van der Waals surface area contributed by atoms with E-state index in [0.29, 0.717) is 11.9 Å². The minimum Gasteiger partial charge on any atom is -0.496 e. The van der Waals surface area contributed by atoms with Gasteiger partial charge in [0.25, 0.3) is 0 Å². The number of nitrogens with one attached hydrogen (secondary N) is 2. The normalized spacial score (nSPS) is 14.1. The van der Waals surface area contributed by atoms with Crippen LogP contribution in [0.5, 0.6) is 5.75 Å². The van der Waals surface area contributed by atoms with Crippen molar-refractivity contribution in [2.24, 2.45) is 7.05 Å². The van der Waals surface area contributed by atoms with Gasteiger partial charge in [-0.15, -0.1) is 0 Å². The van der Waals surface area contributed by atoms with Crippen molar-refractivity contribution >= 4 is 22.5 Å². The first kappa shape index (κ1) is 24.1. The fourth-order valence-corrected chi connectivity index (χ4v) is 5.31. The molecule has 8 heteroatoms. The van der Waals surface area contributed by atoms with Crippen molar-refractivity contribution in [3.05, 3.63) is 84.7 Å². The lowest BCUT2D eigenvalue weighted by molar-refractivity contribution is 0.392. The molecule has 6 rings (SSSR count). The first-order chi connectivity index (χ1) is 18.6. The van der Waals surface area contributed by atoms with E-state index in [9.17, 15) is 4.39 Å². The van der Waals surface area contributed by atoms with Crippen molar-refractivity contribution < 1.29 is 9.13 Å². The van der Waals surface area contributed by atoms with Crippen LogP contribution in [0, 0.1) is 5.95 Å². The molecule has 0 spiro atoms. The van der Waals surface area contributed by atoms with Gasteiger partial charge in [-0.05, 0) is 61.7 Å². The number of anilines is 2. The second-order valence-corrected chi connectivity index (χ2v) is 9.60. The highest BCUT2D eigenvalue weighted by Crippen LogP contribution is 2.37. The van der Waals surface area contributed by atoms with Crippen LogP contribution in [0.25, 0.3) is 33.3 Å². The molecule has 192 valence electrons. The van der Waals surface area contributed by atoms with Crippen molar-refractivity contribution in [1.29, 1.82) is 0 Å². The molecule has 0 unspecified atom stereocenters. The highest BCUT2D eigenvalue weighted by Gasteiger charge is 2.20. The van der Waals surface area contributed by atoms with Gasteiger partial charge in [0.1, 0.15) is 5.75 Å². The monoisotopic (exact) mass is 508 g/mol. The number of piperidine rings is 1. The van der Waals surface area contributed by atoms with Gasteiger partial charge in [-0.2, -0.15) is 4.39 Å². The molecule has 0 saturated carbocycles. The van der Waals surface area contributed by atoms with Gasteiger partial charge in [0, 0.05) is 65.0 Å². The maximum absolute atomic E-state index is 13.6. The fraction of sp³-hybridized carbons (Fsp3) is 0.233. The highest BCUT2D eigenvalue weighted by atomic mass is 19.1. The first-order valence-corrected chi connectivity index (χ1v) is 12.8. The molecule has 1 aliphatic heterocycles. The van der Waals surface area contributed by atoms with E-state index in [-0.39, 0.29) is 0 Å². The Bertz CT molecular complexity index is 1590. The van der Waals surface area contributed by atoms with Gasteiger partial charge in [0.15, 0.2) is 0 Å². The zero-order valence-corrected chi connectivity index (χ0v) is 21.4. The zero-order valence-electron chi connectivity index (χ0n) is 21.4.